The number of benzene rings is 1. The summed E-state index contributed by atoms with van der Waals surface area (Å²) in [6.07, 6.45) is 0.908. The standard InChI is InChI=1S/C15H19ClIN3/c1-15(2,3)8-12-13(17)14(18)20(19-12)9-10-6-4-5-7-11(10)16/h4-7H,8-9,18H2,1-3H3. The highest BCUT2D eigenvalue weighted by Gasteiger charge is 2.19. The van der Waals surface area contributed by atoms with Gasteiger partial charge in [0.25, 0.3) is 0 Å². The van der Waals surface area contributed by atoms with Crippen molar-refractivity contribution in [2.45, 2.75) is 33.7 Å². The summed E-state index contributed by atoms with van der Waals surface area (Å²) in [6, 6.07) is 7.78. The van der Waals surface area contributed by atoms with Crippen LogP contribution in [0, 0.1) is 8.99 Å². The third-order valence-electron chi connectivity index (χ3n) is 2.97. The van der Waals surface area contributed by atoms with Crippen LogP contribution in [0.3, 0.4) is 0 Å². The number of anilines is 1. The smallest absolute Gasteiger partial charge is 0.135 e. The Labute approximate surface area is 138 Å². The highest BCUT2D eigenvalue weighted by atomic mass is 127. The van der Waals surface area contributed by atoms with Crippen molar-refractivity contribution in [2.24, 2.45) is 5.41 Å². The molecule has 20 heavy (non-hydrogen) atoms. The maximum absolute atomic E-state index is 6.20. The molecule has 3 nitrogen and oxygen atoms in total. The molecule has 0 spiro atoms. The molecule has 0 saturated carbocycles. The fourth-order valence-electron chi connectivity index (χ4n) is 2.03. The molecule has 2 N–H and O–H groups in total. The summed E-state index contributed by atoms with van der Waals surface area (Å²) in [7, 11) is 0. The molecule has 0 saturated heterocycles. The van der Waals surface area contributed by atoms with Crippen LogP contribution in [-0.4, -0.2) is 9.78 Å². The van der Waals surface area contributed by atoms with Gasteiger partial charge in [-0.3, -0.25) is 0 Å². The third kappa shape index (κ3) is 3.67. The topological polar surface area (TPSA) is 43.8 Å². The Morgan fingerprint density at radius 2 is 1.95 bits per heavy atom. The molecule has 5 heteroatoms. The van der Waals surface area contributed by atoms with Crippen LogP contribution in [0.1, 0.15) is 32.0 Å². The van der Waals surface area contributed by atoms with Crippen molar-refractivity contribution < 1.29 is 0 Å². The van der Waals surface area contributed by atoms with E-state index in [0.717, 1.165) is 26.3 Å². The first kappa shape index (κ1) is 15.6. The van der Waals surface area contributed by atoms with Crippen LogP contribution in [0.5, 0.6) is 0 Å². The normalized spacial score (nSPS) is 11.8. The number of hydrogen-bond donors (Lipinski definition) is 1. The zero-order chi connectivity index (χ0) is 14.9. The zero-order valence-corrected chi connectivity index (χ0v) is 14.9. The second kappa shape index (κ2) is 5.93. The first-order chi connectivity index (χ1) is 9.28. The Morgan fingerprint density at radius 3 is 2.55 bits per heavy atom. The van der Waals surface area contributed by atoms with Crippen LogP contribution in [0.15, 0.2) is 24.3 Å². The number of nitrogens with zero attached hydrogens (tertiary/aromatic N) is 2. The Balaban J connectivity index is 2.30. The molecule has 0 radical (unpaired) electrons. The van der Waals surface area contributed by atoms with E-state index in [0.29, 0.717) is 12.4 Å². The van der Waals surface area contributed by atoms with Crippen molar-refractivity contribution in [1.82, 2.24) is 9.78 Å². The van der Waals surface area contributed by atoms with Crippen molar-refractivity contribution >= 4 is 40.0 Å². The van der Waals surface area contributed by atoms with E-state index in [-0.39, 0.29) is 5.41 Å². The molecule has 0 amide bonds. The second-order valence-corrected chi connectivity index (χ2v) is 7.62. The van der Waals surface area contributed by atoms with Gasteiger partial charge < -0.3 is 5.73 Å². The van der Waals surface area contributed by atoms with Gasteiger partial charge in [-0.05, 0) is 46.1 Å². The SMILES string of the molecule is CC(C)(C)Cc1nn(Cc2ccccc2Cl)c(N)c1I. The van der Waals surface area contributed by atoms with Gasteiger partial charge in [0.15, 0.2) is 0 Å². The van der Waals surface area contributed by atoms with Crippen LogP contribution in [-0.2, 0) is 13.0 Å². The molecular formula is C15H19ClIN3. The van der Waals surface area contributed by atoms with E-state index in [1.165, 1.54) is 0 Å². The van der Waals surface area contributed by atoms with E-state index in [1.54, 1.807) is 0 Å². The average molecular weight is 404 g/mol. The molecule has 0 aliphatic rings. The molecule has 0 aliphatic heterocycles. The Kier molecular flexibility index (Phi) is 4.64. The molecule has 2 rings (SSSR count). The number of halogens is 2. The summed E-state index contributed by atoms with van der Waals surface area (Å²) in [4.78, 5) is 0. The summed E-state index contributed by atoms with van der Waals surface area (Å²) < 4.78 is 2.88. The minimum Gasteiger partial charge on any atom is -0.383 e. The quantitative estimate of drug-likeness (QED) is 0.774. The Morgan fingerprint density at radius 1 is 1.30 bits per heavy atom. The molecular weight excluding hydrogens is 385 g/mol. The minimum atomic E-state index is 0.190. The summed E-state index contributed by atoms with van der Waals surface area (Å²) in [5.74, 6) is 0.713. The van der Waals surface area contributed by atoms with Gasteiger partial charge in [0, 0.05) is 5.02 Å². The van der Waals surface area contributed by atoms with E-state index in [9.17, 15) is 0 Å². The number of aromatic nitrogens is 2. The predicted octanol–water partition coefficient (Wildman–Crippen LogP) is 4.36. The zero-order valence-electron chi connectivity index (χ0n) is 12.0. The molecule has 1 aromatic carbocycles. The molecule has 0 unspecified atom stereocenters. The fraction of sp³-hybridized carbons (Fsp3) is 0.400. The Bertz CT molecular complexity index is 614. The van der Waals surface area contributed by atoms with E-state index < -0.39 is 0 Å². The molecule has 108 valence electrons. The van der Waals surface area contributed by atoms with Crippen LogP contribution in [0.25, 0.3) is 0 Å². The van der Waals surface area contributed by atoms with Crippen molar-refractivity contribution in [3.8, 4) is 0 Å². The lowest BCUT2D eigenvalue weighted by molar-refractivity contribution is 0.403. The monoisotopic (exact) mass is 403 g/mol. The van der Waals surface area contributed by atoms with Gasteiger partial charge in [-0.2, -0.15) is 5.10 Å². The minimum absolute atomic E-state index is 0.190. The second-order valence-electron chi connectivity index (χ2n) is 6.13. The molecule has 1 heterocycles. The van der Waals surface area contributed by atoms with Crippen molar-refractivity contribution in [2.75, 3.05) is 5.73 Å². The lowest BCUT2D eigenvalue weighted by Crippen LogP contribution is -2.11. The van der Waals surface area contributed by atoms with Gasteiger partial charge in [0.05, 0.1) is 15.8 Å². The van der Waals surface area contributed by atoms with Crippen LogP contribution >= 0.6 is 34.2 Å². The van der Waals surface area contributed by atoms with E-state index >= 15 is 0 Å². The van der Waals surface area contributed by atoms with E-state index in [2.05, 4.69) is 48.5 Å². The van der Waals surface area contributed by atoms with Gasteiger partial charge in [-0.25, -0.2) is 4.68 Å². The van der Waals surface area contributed by atoms with Gasteiger partial charge in [-0.15, -0.1) is 0 Å². The van der Waals surface area contributed by atoms with Crippen LogP contribution in [0.4, 0.5) is 5.82 Å². The van der Waals surface area contributed by atoms with Gasteiger partial charge >= 0.3 is 0 Å². The number of rotatable bonds is 3. The largest absolute Gasteiger partial charge is 0.383 e. The summed E-state index contributed by atoms with van der Waals surface area (Å²) in [5, 5.41) is 5.40. The molecule has 2 aromatic rings. The fourth-order valence-corrected chi connectivity index (χ4v) is 2.80. The van der Waals surface area contributed by atoms with Crippen molar-refractivity contribution in [1.29, 1.82) is 0 Å². The van der Waals surface area contributed by atoms with Crippen LogP contribution in [0.2, 0.25) is 5.02 Å². The first-order valence-corrected chi connectivity index (χ1v) is 7.97. The van der Waals surface area contributed by atoms with E-state index in [4.69, 9.17) is 17.3 Å². The van der Waals surface area contributed by atoms with Crippen molar-refractivity contribution in [3.63, 3.8) is 0 Å². The average Bonchev–Trinajstić information content (AvgIpc) is 2.59. The lowest BCUT2D eigenvalue weighted by atomic mass is 9.91. The number of nitrogens with two attached hydrogens (primary N) is 1. The Hall–Kier alpha value is -0.750. The highest BCUT2D eigenvalue weighted by Crippen LogP contribution is 2.27. The van der Waals surface area contributed by atoms with Gasteiger partial charge in [0.1, 0.15) is 5.82 Å². The summed E-state index contributed by atoms with van der Waals surface area (Å²) in [5.41, 5.74) is 8.45. The molecule has 0 bridgehead atoms. The van der Waals surface area contributed by atoms with Gasteiger partial charge in [-0.1, -0.05) is 50.6 Å². The molecule has 1 aromatic heterocycles. The highest BCUT2D eigenvalue weighted by molar-refractivity contribution is 14.1. The van der Waals surface area contributed by atoms with E-state index in [1.807, 2.05) is 28.9 Å². The number of nitrogen functional groups attached to an aromatic ring is 1. The maximum Gasteiger partial charge on any atom is 0.135 e. The summed E-state index contributed by atoms with van der Waals surface area (Å²) in [6.45, 7) is 7.21. The van der Waals surface area contributed by atoms with Crippen LogP contribution < -0.4 is 5.73 Å². The molecule has 0 atom stereocenters. The third-order valence-corrected chi connectivity index (χ3v) is 4.52. The predicted molar refractivity (Wildman–Crippen MR) is 93.1 cm³/mol. The van der Waals surface area contributed by atoms with Crippen molar-refractivity contribution in [3.05, 3.63) is 44.1 Å². The molecule has 0 aliphatic carbocycles. The molecule has 0 fully saturated rings. The lowest BCUT2D eigenvalue weighted by Gasteiger charge is -2.16. The first-order valence-electron chi connectivity index (χ1n) is 6.52. The summed E-state index contributed by atoms with van der Waals surface area (Å²) >= 11 is 8.47. The maximum atomic E-state index is 6.20. The van der Waals surface area contributed by atoms with Gasteiger partial charge in [0.2, 0.25) is 0 Å². The number of hydrogen-bond acceptors (Lipinski definition) is 2.